The van der Waals surface area contributed by atoms with E-state index in [9.17, 15) is 8.42 Å². The molecule has 3 heterocycles. The van der Waals surface area contributed by atoms with E-state index in [2.05, 4.69) is 8.75 Å². The molecule has 6 nitrogen and oxygen atoms in total. The van der Waals surface area contributed by atoms with Crippen LogP contribution in [0.2, 0.25) is 0 Å². The van der Waals surface area contributed by atoms with E-state index in [0.717, 1.165) is 46.2 Å². The fourth-order valence-electron chi connectivity index (χ4n) is 3.59. The monoisotopic (exact) mass is 416 g/mol. The van der Waals surface area contributed by atoms with Crippen molar-refractivity contribution < 1.29 is 8.42 Å². The maximum atomic E-state index is 13.5. The number of hydrogen-bond acceptors (Lipinski definition) is 7. The molecule has 9 heteroatoms. The molecule has 0 amide bonds. The number of piperidine rings is 1. The van der Waals surface area contributed by atoms with Gasteiger partial charge in [0.1, 0.15) is 20.9 Å². The average Bonchev–Trinajstić information content (AvgIpc) is 3.34. The van der Waals surface area contributed by atoms with Crippen LogP contribution in [-0.2, 0) is 10.0 Å². The number of para-hydroxylation sites is 1. The van der Waals surface area contributed by atoms with E-state index >= 15 is 0 Å². The van der Waals surface area contributed by atoms with Crippen molar-refractivity contribution in [3.8, 4) is 0 Å². The molecule has 2 aromatic carbocycles. The molecular weight excluding hydrogens is 400 g/mol. The summed E-state index contributed by atoms with van der Waals surface area (Å²) in [5.41, 5.74) is 2.00. The molecular formula is C18H16N4O2S3. The first kappa shape index (κ1) is 17.2. The van der Waals surface area contributed by atoms with Gasteiger partial charge in [0.2, 0.25) is 10.0 Å². The summed E-state index contributed by atoms with van der Waals surface area (Å²) in [5, 5.41) is 0.864. The molecule has 1 aliphatic heterocycles. The summed E-state index contributed by atoms with van der Waals surface area (Å²) in [6, 6.07) is 12.9. The molecule has 1 unspecified atom stereocenters. The van der Waals surface area contributed by atoms with Gasteiger partial charge in [-0.1, -0.05) is 24.6 Å². The normalized spacial score (nSPS) is 19.0. The smallest absolute Gasteiger partial charge is 0.239 e. The second-order valence-corrected chi connectivity index (χ2v) is 9.98. The molecule has 0 N–H and O–H groups in total. The number of thiazole rings is 1. The highest BCUT2D eigenvalue weighted by Crippen LogP contribution is 2.39. The highest BCUT2D eigenvalue weighted by molar-refractivity contribution is 7.89. The molecule has 5 rings (SSSR count). The lowest BCUT2D eigenvalue weighted by Gasteiger charge is -2.33. The van der Waals surface area contributed by atoms with Crippen molar-refractivity contribution in [2.45, 2.75) is 30.2 Å². The third-order valence-corrected chi connectivity index (χ3v) is 8.50. The first-order chi connectivity index (χ1) is 13.1. The highest BCUT2D eigenvalue weighted by atomic mass is 32.2. The van der Waals surface area contributed by atoms with E-state index < -0.39 is 10.0 Å². The molecule has 1 aliphatic rings. The fourth-order valence-corrected chi connectivity index (χ4v) is 7.18. The summed E-state index contributed by atoms with van der Waals surface area (Å²) in [6.07, 6.45) is 2.63. The van der Waals surface area contributed by atoms with E-state index in [1.807, 2.05) is 24.3 Å². The Balaban J connectivity index is 1.61. The van der Waals surface area contributed by atoms with Crippen LogP contribution in [0.15, 0.2) is 47.4 Å². The number of fused-ring (bicyclic) bond motifs is 2. The molecule has 0 radical (unpaired) electrons. The summed E-state index contributed by atoms with van der Waals surface area (Å²) in [4.78, 5) is 4.97. The largest absolute Gasteiger partial charge is 0.245 e. The maximum absolute atomic E-state index is 13.5. The van der Waals surface area contributed by atoms with Crippen LogP contribution in [-0.4, -0.2) is 33.0 Å². The zero-order valence-electron chi connectivity index (χ0n) is 14.3. The first-order valence-electron chi connectivity index (χ1n) is 8.73. The topological polar surface area (TPSA) is 76.1 Å². The summed E-state index contributed by atoms with van der Waals surface area (Å²) in [6.45, 7) is 0.497. The molecule has 4 aromatic rings. The van der Waals surface area contributed by atoms with Gasteiger partial charge in [0.15, 0.2) is 0 Å². The van der Waals surface area contributed by atoms with Gasteiger partial charge in [-0.3, -0.25) is 0 Å². The zero-order chi connectivity index (χ0) is 18.4. The Morgan fingerprint density at radius 3 is 2.74 bits per heavy atom. The Morgan fingerprint density at radius 2 is 1.85 bits per heavy atom. The van der Waals surface area contributed by atoms with Crippen LogP contribution >= 0.6 is 23.1 Å². The molecule has 0 aliphatic carbocycles. The number of sulfonamides is 1. The predicted molar refractivity (Wildman–Crippen MR) is 108 cm³/mol. The summed E-state index contributed by atoms with van der Waals surface area (Å²) < 4.78 is 38.2. The molecule has 0 saturated carbocycles. The van der Waals surface area contributed by atoms with Crippen molar-refractivity contribution in [1.82, 2.24) is 18.0 Å². The van der Waals surface area contributed by atoms with E-state index in [0.29, 0.717) is 17.6 Å². The number of aromatic nitrogens is 3. The molecule has 138 valence electrons. The molecule has 1 fully saturated rings. The van der Waals surface area contributed by atoms with Crippen molar-refractivity contribution in [2.75, 3.05) is 6.54 Å². The third-order valence-electron chi connectivity index (χ3n) is 4.88. The minimum Gasteiger partial charge on any atom is -0.239 e. The Kier molecular flexibility index (Phi) is 4.19. The van der Waals surface area contributed by atoms with Crippen LogP contribution < -0.4 is 0 Å². The Hall–Kier alpha value is -1.94. The zero-order valence-corrected chi connectivity index (χ0v) is 16.7. The molecule has 0 bridgehead atoms. The fraction of sp³-hybridized carbons (Fsp3) is 0.278. The van der Waals surface area contributed by atoms with Gasteiger partial charge in [0, 0.05) is 6.54 Å². The van der Waals surface area contributed by atoms with Crippen LogP contribution in [0.3, 0.4) is 0 Å². The number of rotatable bonds is 3. The second kappa shape index (κ2) is 6.59. The summed E-state index contributed by atoms with van der Waals surface area (Å²) >= 11 is 2.62. The summed E-state index contributed by atoms with van der Waals surface area (Å²) in [5.74, 6) is 0. The lowest BCUT2D eigenvalue weighted by Crippen LogP contribution is -2.38. The lowest BCUT2D eigenvalue weighted by molar-refractivity contribution is 0.256. The Labute approximate surface area is 164 Å². The number of nitrogens with zero attached hydrogens (tertiary/aromatic N) is 4. The van der Waals surface area contributed by atoms with Crippen molar-refractivity contribution >= 4 is 54.3 Å². The van der Waals surface area contributed by atoms with Crippen molar-refractivity contribution in [1.29, 1.82) is 0 Å². The van der Waals surface area contributed by atoms with Crippen molar-refractivity contribution in [2.24, 2.45) is 0 Å². The van der Waals surface area contributed by atoms with Gasteiger partial charge in [-0.05, 0) is 37.1 Å². The van der Waals surface area contributed by atoms with Gasteiger partial charge < -0.3 is 0 Å². The minimum atomic E-state index is -3.69. The SMILES string of the molecule is O=S(=O)(c1cccc2nsnc12)N1CCCCC1c1nc2ccccc2s1. The van der Waals surface area contributed by atoms with Gasteiger partial charge in [-0.25, -0.2) is 13.4 Å². The number of benzene rings is 2. The average molecular weight is 417 g/mol. The van der Waals surface area contributed by atoms with Gasteiger partial charge in [0.05, 0.1) is 28.0 Å². The molecule has 1 atom stereocenters. The van der Waals surface area contributed by atoms with Crippen LogP contribution in [0.5, 0.6) is 0 Å². The molecule has 2 aromatic heterocycles. The molecule has 0 spiro atoms. The predicted octanol–water partition coefficient (Wildman–Crippen LogP) is 4.22. The molecule has 27 heavy (non-hydrogen) atoms. The summed E-state index contributed by atoms with van der Waals surface area (Å²) in [7, 11) is -3.69. The van der Waals surface area contributed by atoms with Crippen molar-refractivity contribution in [3.05, 3.63) is 47.5 Å². The maximum Gasteiger partial charge on any atom is 0.245 e. The van der Waals surface area contributed by atoms with Crippen LogP contribution in [0.1, 0.15) is 30.3 Å². The van der Waals surface area contributed by atoms with Gasteiger partial charge in [-0.2, -0.15) is 13.1 Å². The first-order valence-corrected chi connectivity index (χ1v) is 11.7. The van der Waals surface area contributed by atoms with E-state index in [4.69, 9.17) is 4.98 Å². The quantitative estimate of drug-likeness (QED) is 0.500. The third kappa shape index (κ3) is 2.85. The van der Waals surface area contributed by atoms with Crippen LogP contribution in [0.4, 0.5) is 0 Å². The van der Waals surface area contributed by atoms with E-state index in [-0.39, 0.29) is 10.9 Å². The second-order valence-electron chi connectivity index (χ2n) is 6.54. The van der Waals surface area contributed by atoms with Gasteiger partial charge >= 0.3 is 0 Å². The lowest BCUT2D eigenvalue weighted by atomic mass is 10.1. The Bertz CT molecular complexity index is 1200. The van der Waals surface area contributed by atoms with Crippen molar-refractivity contribution in [3.63, 3.8) is 0 Å². The number of hydrogen-bond donors (Lipinski definition) is 0. The van der Waals surface area contributed by atoms with E-state index in [1.165, 1.54) is 0 Å². The molecule has 1 saturated heterocycles. The van der Waals surface area contributed by atoms with E-state index in [1.54, 1.807) is 33.8 Å². The minimum absolute atomic E-state index is 0.233. The standard InChI is InChI=1S/C18H16N4O2S3/c23-27(24,16-10-5-7-13-17(16)21-26-20-13)22-11-4-3-8-14(22)18-19-12-6-1-2-9-15(12)25-18/h1-2,5-7,9-10,14H,3-4,8,11H2. The van der Waals surface area contributed by atoms with Gasteiger partial charge in [-0.15, -0.1) is 11.3 Å². The highest BCUT2D eigenvalue weighted by Gasteiger charge is 2.37. The van der Waals surface area contributed by atoms with Crippen LogP contribution in [0.25, 0.3) is 21.3 Å². The van der Waals surface area contributed by atoms with Gasteiger partial charge in [0.25, 0.3) is 0 Å². The Morgan fingerprint density at radius 1 is 1.00 bits per heavy atom. The van der Waals surface area contributed by atoms with Crippen LogP contribution in [0, 0.1) is 0 Å².